The molecule has 0 aliphatic heterocycles. The number of rotatable bonds is 8. The molecule has 0 amide bonds. The zero-order chi connectivity index (χ0) is 11.7. The summed E-state index contributed by atoms with van der Waals surface area (Å²) in [5.41, 5.74) is 0. The van der Waals surface area contributed by atoms with Crippen molar-refractivity contribution in [2.45, 2.75) is 65.4 Å². The maximum Gasteiger partial charge on any atom is 0.306 e. The molecule has 0 radical (unpaired) electrons. The highest BCUT2D eigenvalue weighted by Gasteiger charge is 2.12. The molecule has 0 saturated carbocycles. The molecule has 0 heterocycles. The number of esters is 1. The molecule has 3 nitrogen and oxygen atoms in total. The minimum atomic E-state index is -0.590. The molecule has 0 aromatic rings. The first-order valence-electron chi connectivity index (χ1n) is 5.77. The molecule has 0 N–H and O–H groups in total. The van der Waals surface area contributed by atoms with E-state index in [-0.39, 0.29) is 11.8 Å². The van der Waals surface area contributed by atoms with Gasteiger partial charge in [0.15, 0.2) is 11.9 Å². The number of hydrogen-bond donors (Lipinski definition) is 0. The second kappa shape index (κ2) is 8.45. The van der Waals surface area contributed by atoms with Crippen LogP contribution in [0.15, 0.2) is 0 Å². The fraction of sp³-hybridized carbons (Fsp3) is 0.833. The summed E-state index contributed by atoms with van der Waals surface area (Å²) >= 11 is 0. The van der Waals surface area contributed by atoms with Crippen LogP contribution in [-0.2, 0) is 14.3 Å². The van der Waals surface area contributed by atoms with Gasteiger partial charge in [-0.2, -0.15) is 0 Å². The molecule has 0 spiro atoms. The quantitative estimate of drug-likeness (QED) is 0.461. The van der Waals surface area contributed by atoms with E-state index in [4.69, 9.17) is 4.74 Å². The average Bonchev–Trinajstić information content (AvgIpc) is 2.17. The largest absolute Gasteiger partial charge is 0.455 e. The molecule has 0 aliphatic rings. The average molecular weight is 214 g/mol. The lowest BCUT2D eigenvalue weighted by molar-refractivity contribution is -0.153. The van der Waals surface area contributed by atoms with E-state index in [1.807, 2.05) is 0 Å². The SMILES string of the molecule is CCCCCCCC(=O)OC(C)C(C)=O. The van der Waals surface area contributed by atoms with Crippen LogP contribution >= 0.6 is 0 Å². The Labute approximate surface area is 92.2 Å². The van der Waals surface area contributed by atoms with Crippen LogP contribution in [0.25, 0.3) is 0 Å². The Morgan fingerprint density at radius 3 is 2.27 bits per heavy atom. The number of hydrogen-bond acceptors (Lipinski definition) is 3. The fourth-order valence-corrected chi connectivity index (χ4v) is 1.21. The van der Waals surface area contributed by atoms with Crippen LogP contribution in [0.3, 0.4) is 0 Å². The second-order valence-corrected chi connectivity index (χ2v) is 3.91. The van der Waals surface area contributed by atoms with Gasteiger partial charge in [-0.05, 0) is 20.3 Å². The normalized spacial score (nSPS) is 12.2. The Balaban J connectivity index is 3.45. The lowest BCUT2D eigenvalue weighted by Gasteiger charge is -2.09. The number of carbonyl (C=O) groups is 2. The predicted octanol–water partition coefficient (Wildman–Crippen LogP) is 2.87. The maximum atomic E-state index is 11.2. The van der Waals surface area contributed by atoms with Crippen molar-refractivity contribution in [1.82, 2.24) is 0 Å². The van der Waals surface area contributed by atoms with E-state index in [0.29, 0.717) is 6.42 Å². The molecule has 0 aliphatic carbocycles. The van der Waals surface area contributed by atoms with Gasteiger partial charge in [-0.25, -0.2) is 0 Å². The van der Waals surface area contributed by atoms with Gasteiger partial charge in [-0.3, -0.25) is 9.59 Å². The van der Waals surface area contributed by atoms with Gasteiger partial charge in [0.05, 0.1) is 0 Å². The summed E-state index contributed by atoms with van der Waals surface area (Å²) in [7, 11) is 0. The summed E-state index contributed by atoms with van der Waals surface area (Å²) in [5.74, 6) is -0.358. The number of Topliss-reactive ketones (excluding diaryl/α,β-unsaturated/α-hetero) is 1. The van der Waals surface area contributed by atoms with Gasteiger partial charge >= 0.3 is 5.97 Å². The van der Waals surface area contributed by atoms with Crippen molar-refractivity contribution < 1.29 is 14.3 Å². The van der Waals surface area contributed by atoms with E-state index in [1.54, 1.807) is 6.92 Å². The van der Waals surface area contributed by atoms with E-state index in [0.717, 1.165) is 12.8 Å². The van der Waals surface area contributed by atoms with Gasteiger partial charge < -0.3 is 4.74 Å². The van der Waals surface area contributed by atoms with E-state index >= 15 is 0 Å². The summed E-state index contributed by atoms with van der Waals surface area (Å²) in [6, 6.07) is 0. The molecule has 3 heteroatoms. The smallest absolute Gasteiger partial charge is 0.306 e. The second-order valence-electron chi connectivity index (χ2n) is 3.91. The topological polar surface area (TPSA) is 43.4 Å². The lowest BCUT2D eigenvalue weighted by atomic mass is 10.1. The van der Waals surface area contributed by atoms with Crippen molar-refractivity contribution in [3.05, 3.63) is 0 Å². The van der Waals surface area contributed by atoms with Crippen molar-refractivity contribution in [2.75, 3.05) is 0 Å². The number of unbranched alkanes of at least 4 members (excludes halogenated alkanes) is 4. The van der Waals surface area contributed by atoms with Crippen LogP contribution in [0.4, 0.5) is 0 Å². The van der Waals surface area contributed by atoms with Crippen LogP contribution in [0.2, 0.25) is 0 Å². The van der Waals surface area contributed by atoms with Crippen molar-refractivity contribution in [1.29, 1.82) is 0 Å². The Morgan fingerprint density at radius 2 is 1.73 bits per heavy atom. The highest BCUT2D eigenvalue weighted by atomic mass is 16.5. The van der Waals surface area contributed by atoms with Crippen molar-refractivity contribution in [3.63, 3.8) is 0 Å². The van der Waals surface area contributed by atoms with Crippen LogP contribution in [0.1, 0.15) is 59.3 Å². The highest BCUT2D eigenvalue weighted by molar-refractivity contribution is 5.83. The molecule has 15 heavy (non-hydrogen) atoms. The third kappa shape index (κ3) is 8.16. The molecule has 88 valence electrons. The Morgan fingerprint density at radius 1 is 1.13 bits per heavy atom. The van der Waals surface area contributed by atoms with E-state index in [9.17, 15) is 9.59 Å². The van der Waals surface area contributed by atoms with Crippen molar-refractivity contribution >= 4 is 11.8 Å². The molecule has 1 atom stereocenters. The van der Waals surface area contributed by atoms with Crippen LogP contribution in [0, 0.1) is 0 Å². The lowest BCUT2D eigenvalue weighted by Crippen LogP contribution is -2.21. The maximum absolute atomic E-state index is 11.2. The number of carbonyl (C=O) groups excluding carboxylic acids is 2. The summed E-state index contributed by atoms with van der Waals surface area (Å²) in [6.45, 7) is 5.19. The van der Waals surface area contributed by atoms with Crippen molar-refractivity contribution in [3.8, 4) is 0 Å². The first-order valence-corrected chi connectivity index (χ1v) is 5.77. The van der Waals surface area contributed by atoms with Gasteiger partial charge in [-0.1, -0.05) is 32.6 Å². The summed E-state index contributed by atoms with van der Waals surface area (Å²) < 4.78 is 4.93. The van der Waals surface area contributed by atoms with E-state index in [1.165, 1.54) is 26.2 Å². The fourth-order valence-electron chi connectivity index (χ4n) is 1.21. The Kier molecular flexibility index (Phi) is 7.96. The van der Waals surface area contributed by atoms with Crippen LogP contribution in [-0.4, -0.2) is 17.9 Å². The van der Waals surface area contributed by atoms with Gasteiger partial charge in [0, 0.05) is 6.42 Å². The van der Waals surface area contributed by atoms with Crippen LogP contribution < -0.4 is 0 Å². The minimum Gasteiger partial charge on any atom is -0.455 e. The van der Waals surface area contributed by atoms with E-state index < -0.39 is 6.10 Å². The van der Waals surface area contributed by atoms with Gasteiger partial charge in [0.25, 0.3) is 0 Å². The summed E-state index contributed by atoms with van der Waals surface area (Å²) in [6.07, 6.45) is 5.37. The number of ether oxygens (including phenoxy) is 1. The number of ketones is 1. The summed E-state index contributed by atoms with van der Waals surface area (Å²) in [5, 5.41) is 0. The molecule has 0 fully saturated rings. The summed E-state index contributed by atoms with van der Waals surface area (Å²) in [4.78, 5) is 22.0. The van der Waals surface area contributed by atoms with Crippen LogP contribution in [0.5, 0.6) is 0 Å². The molecule has 0 aromatic heterocycles. The molecule has 0 bridgehead atoms. The predicted molar refractivity (Wildman–Crippen MR) is 59.6 cm³/mol. The van der Waals surface area contributed by atoms with Gasteiger partial charge in [0.2, 0.25) is 0 Å². The van der Waals surface area contributed by atoms with Gasteiger partial charge in [0.1, 0.15) is 0 Å². The van der Waals surface area contributed by atoms with Crippen molar-refractivity contribution in [2.24, 2.45) is 0 Å². The highest BCUT2D eigenvalue weighted by Crippen LogP contribution is 2.06. The first-order chi connectivity index (χ1) is 7.07. The Hall–Kier alpha value is -0.860. The standard InChI is InChI=1S/C12H22O3/c1-4-5-6-7-8-9-12(14)15-11(3)10(2)13/h11H,4-9H2,1-3H3. The zero-order valence-electron chi connectivity index (χ0n) is 10.0. The zero-order valence-corrected chi connectivity index (χ0v) is 10.0. The molecule has 0 rings (SSSR count). The molecule has 1 unspecified atom stereocenters. The molecule has 0 saturated heterocycles. The molecular formula is C12H22O3. The third-order valence-corrected chi connectivity index (χ3v) is 2.37. The van der Waals surface area contributed by atoms with Gasteiger partial charge in [-0.15, -0.1) is 0 Å². The monoisotopic (exact) mass is 214 g/mol. The Bertz CT molecular complexity index is 199. The van der Waals surface area contributed by atoms with E-state index in [2.05, 4.69) is 6.92 Å². The molecule has 0 aromatic carbocycles. The first kappa shape index (κ1) is 14.1. The molecular weight excluding hydrogens is 192 g/mol. The third-order valence-electron chi connectivity index (χ3n) is 2.37. The minimum absolute atomic E-state index is 0.102.